The summed E-state index contributed by atoms with van der Waals surface area (Å²) in [5, 5.41) is 17.7. The number of carboxylic acid groups (broad SMARTS) is 1. The maximum Gasteiger partial charge on any atom is 0.326 e. The molecule has 39 heavy (non-hydrogen) atoms. The Balaban J connectivity index is 1.51. The number of aliphatic carboxylic acids is 1. The van der Waals surface area contributed by atoms with Gasteiger partial charge in [0.15, 0.2) is 0 Å². The van der Waals surface area contributed by atoms with Gasteiger partial charge in [0.25, 0.3) is 17.7 Å². The Morgan fingerprint density at radius 3 is 1.85 bits per heavy atom. The Kier molecular flexibility index (Phi) is 8.48. The SMILES string of the molecule is Cc1cccc(C(=O)Nc2ccccc2C(=O)Nc2ccccc2C(=O)NC(Cc2ccccc2)C(=O)O)c1. The van der Waals surface area contributed by atoms with Gasteiger partial charge in [0.1, 0.15) is 6.04 Å². The summed E-state index contributed by atoms with van der Waals surface area (Å²) < 4.78 is 0. The molecular formula is C31H27N3O5. The topological polar surface area (TPSA) is 125 Å². The van der Waals surface area contributed by atoms with E-state index < -0.39 is 23.8 Å². The van der Waals surface area contributed by atoms with Crippen molar-refractivity contribution in [1.82, 2.24) is 5.32 Å². The second-order valence-electron chi connectivity index (χ2n) is 8.92. The molecular weight excluding hydrogens is 494 g/mol. The van der Waals surface area contributed by atoms with Crippen molar-refractivity contribution >= 4 is 35.1 Å². The van der Waals surface area contributed by atoms with Crippen molar-refractivity contribution in [3.63, 3.8) is 0 Å². The molecule has 0 saturated carbocycles. The molecule has 0 aromatic heterocycles. The van der Waals surface area contributed by atoms with Crippen LogP contribution in [0, 0.1) is 6.92 Å². The molecule has 8 heteroatoms. The van der Waals surface area contributed by atoms with E-state index >= 15 is 0 Å². The second-order valence-corrected chi connectivity index (χ2v) is 8.92. The van der Waals surface area contributed by atoms with Gasteiger partial charge in [-0.1, -0.05) is 72.3 Å². The van der Waals surface area contributed by atoms with E-state index in [0.29, 0.717) is 11.3 Å². The monoisotopic (exact) mass is 521 g/mol. The maximum absolute atomic E-state index is 13.3. The molecule has 0 heterocycles. The van der Waals surface area contributed by atoms with Crippen molar-refractivity contribution in [3.05, 3.63) is 131 Å². The van der Waals surface area contributed by atoms with E-state index in [9.17, 15) is 24.3 Å². The minimum Gasteiger partial charge on any atom is -0.480 e. The first-order valence-corrected chi connectivity index (χ1v) is 12.3. The highest BCUT2D eigenvalue weighted by molar-refractivity contribution is 6.14. The summed E-state index contributed by atoms with van der Waals surface area (Å²) in [6.45, 7) is 1.88. The molecule has 0 spiro atoms. The standard InChI is InChI=1S/C31H27N3O5/c1-20-10-9-13-22(18-20)28(35)32-25-16-7-5-14-23(25)29(36)33-26-17-8-6-15-24(26)30(37)34-27(31(38)39)19-21-11-3-2-4-12-21/h2-18,27H,19H2,1H3,(H,32,35)(H,33,36)(H,34,37)(H,38,39). The summed E-state index contributed by atoms with van der Waals surface area (Å²) in [5.74, 6) is -2.73. The zero-order chi connectivity index (χ0) is 27.8. The zero-order valence-corrected chi connectivity index (χ0v) is 21.2. The van der Waals surface area contributed by atoms with Crippen LogP contribution >= 0.6 is 0 Å². The summed E-state index contributed by atoms with van der Waals surface area (Å²) in [6, 6.07) is 27.7. The number of nitrogens with one attached hydrogen (secondary N) is 3. The van der Waals surface area contributed by atoms with Gasteiger partial charge >= 0.3 is 5.97 Å². The number of anilines is 2. The van der Waals surface area contributed by atoms with E-state index in [2.05, 4.69) is 16.0 Å². The second kappa shape index (κ2) is 12.3. The highest BCUT2D eigenvalue weighted by atomic mass is 16.4. The van der Waals surface area contributed by atoms with Crippen LogP contribution in [-0.4, -0.2) is 34.8 Å². The molecule has 4 rings (SSSR count). The van der Waals surface area contributed by atoms with Crippen molar-refractivity contribution in [2.24, 2.45) is 0 Å². The summed E-state index contributed by atoms with van der Waals surface area (Å²) in [4.78, 5) is 51.0. The van der Waals surface area contributed by atoms with Gasteiger partial charge in [-0.3, -0.25) is 14.4 Å². The number of hydrogen-bond donors (Lipinski definition) is 4. The Labute approximate surface area is 225 Å². The highest BCUT2D eigenvalue weighted by Crippen LogP contribution is 2.21. The van der Waals surface area contributed by atoms with E-state index in [-0.39, 0.29) is 29.1 Å². The Bertz CT molecular complexity index is 1520. The predicted octanol–water partition coefficient (Wildman–Crippen LogP) is 4.93. The van der Waals surface area contributed by atoms with Gasteiger partial charge in [0.2, 0.25) is 0 Å². The van der Waals surface area contributed by atoms with Gasteiger partial charge in [0.05, 0.1) is 22.5 Å². The lowest BCUT2D eigenvalue weighted by molar-refractivity contribution is -0.139. The fourth-order valence-corrected chi connectivity index (χ4v) is 4.04. The number of para-hydroxylation sites is 2. The first-order chi connectivity index (χ1) is 18.8. The minimum atomic E-state index is -1.17. The largest absolute Gasteiger partial charge is 0.480 e. The molecule has 4 aromatic carbocycles. The number of hydrogen-bond acceptors (Lipinski definition) is 4. The van der Waals surface area contributed by atoms with Gasteiger partial charge in [0, 0.05) is 12.0 Å². The zero-order valence-electron chi connectivity index (χ0n) is 21.2. The van der Waals surface area contributed by atoms with Crippen LogP contribution in [0.3, 0.4) is 0 Å². The number of aryl methyl sites for hydroxylation is 1. The van der Waals surface area contributed by atoms with Crippen molar-refractivity contribution in [1.29, 1.82) is 0 Å². The molecule has 0 aliphatic rings. The van der Waals surface area contributed by atoms with Gasteiger partial charge in [-0.2, -0.15) is 0 Å². The van der Waals surface area contributed by atoms with Gasteiger partial charge in [-0.15, -0.1) is 0 Å². The summed E-state index contributed by atoms with van der Waals surface area (Å²) in [5.41, 5.74) is 2.94. The summed E-state index contributed by atoms with van der Waals surface area (Å²) in [6.07, 6.45) is 0.102. The van der Waals surface area contributed by atoms with E-state index in [4.69, 9.17) is 0 Å². The maximum atomic E-state index is 13.3. The number of carbonyl (C=O) groups is 4. The predicted molar refractivity (Wildman–Crippen MR) is 149 cm³/mol. The molecule has 1 atom stereocenters. The number of carbonyl (C=O) groups excluding carboxylic acids is 3. The van der Waals surface area contributed by atoms with Crippen molar-refractivity contribution in [2.75, 3.05) is 10.6 Å². The minimum absolute atomic E-state index is 0.102. The third-order valence-corrected chi connectivity index (χ3v) is 6.01. The van der Waals surface area contributed by atoms with Crippen LogP contribution in [0.25, 0.3) is 0 Å². The van der Waals surface area contributed by atoms with Crippen LogP contribution in [0.1, 0.15) is 42.2 Å². The third-order valence-electron chi connectivity index (χ3n) is 6.01. The van der Waals surface area contributed by atoms with Crippen LogP contribution in [0.4, 0.5) is 11.4 Å². The lowest BCUT2D eigenvalue weighted by Crippen LogP contribution is -2.42. The molecule has 1 unspecified atom stereocenters. The molecule has 0 fully saturated rings. The lowest BCUT2D eigenvalue weighted by Gasteiger charge is -2.17. The molecule has 0 bridgehead atoms. The summed E-state index contributed by atoms with van der Waals surface area (Å²) >= 11 is 0. The fourth-order valence-electron chi connectivity index (χ4n) is 4.04. The smallest absolute Gasteiger partial charge is 0.326 e. The fraction of sp³-hybridized carbons (Fsp3) is 0.0968. The molecule has 0 aliphatic heterocycles. The quantitative estimate of drug-likeness (QED) is 0.249. The van der Waals surface area contributed by atoms with Crippen LogP contribution in [0.2, 0.25) is 0 Å². The van der Waals surface area contributed by atoms with Crippen LogP contribution in [0.15, 0.2) is 103 Å². The van der Waals surface area contributed by atoms with Crippen molar-refractivity contribution in [3.8, 4) is 0 Å². The normalized spacial score (nSPS) is 11.2. The van der Waals surface area contributed by atoms with E-state index in [1.807, 2.05) is 19.1 Å². The Hall–Kier alpha value is -5.24. The molecule has 0 radical (unpaired) electrons. The highest BCUT2D eigenvalue weighted by Gasteiger charge is 2.23. The van der Waals surface area contributed by atoms with Crippen LogP contribution < -0.4 is 16.0 Å². The molecule has 4 N–H and O–H groups in total. The average molecular weight is 522 g/mol. The Morgan fingerprint density at radius 2 is 1.23 bits per heavy atom. The van der Waals surface area contributed by atoms with Gasteiger partial charge in [-0.25, -0.2) is 4.79 Å². The molecule has 0 aliphatic carbocycles. The number of rotatable bonds is 9. The van der Waals surface area contributed by atoms with E-state index in [1.165, 1.54) is 6.07 Å². The van der Waals surface area contributed by atoms with Crippen LogP contribution in [0.5, 0.6) is 0 Å². The average Bonchev–Trinajstić information content (AvgIpc) is 2.93. The molecule has 8 nitrogen and oxygen atoms in total. The first kappa shape index (κ1) is 26.8. The number of amides is 3. The summed E-state index contributed by atoms with van der Waals surface area (Å²) in [7, 11) is 0. The first-order valence-electron chi connectivity index (χ1n) is 12.3. The molecule has 196 valence electrons. The molecule has 0 saturated heterocycles. The van der Waals surface area contributed by atoms with E-state index in [0.717, 1.165) is 11.1 Å². The van der Waals surface area contributed by atoms with Gasteiger partial charge < -0.3 is 21.1 Å². The third kappa shape index (κ3) is 6.95. The number of carboxylic acids is 1. The van der Waals surface area contributed by atoms with Crippen LogP contribution in [-0.2, 0) is 11.2 Å². The molecule has 4 aromatic rings. The van der Waals surface area contributed by atoms with Crippen molar-refractivity contribution < 1.29 is 24.3 Å². The van der Waals surface area contributed by atoms with E-state index in [1.54, 1.807) is 84.9 Å². The number of benzene rings is 4. The van der Waals surface area contributed by atoms with Gasteiger partial charge in [-0.05, 0) is 48.9 Å². The molecule has 3 amide bonds. The van der Waals surface area contributed by atoms with Crippen molar-refractivity contribution in [2.45, 2.75) is 19.4 Å². The Morgan fingerprint density at radius 1 is 0.667 bits per heavy atom. The lowest BCUT2D eigenvalue weighted by atomic mass is 10.0.